The maximum Gasteiger partial charge on any atom is 0.129 e. The molecular formula is C22H28N2OSi. The molecule has 0 bridgehead atoms. The highest BCUT2D eigenvalue weighted by Crippen LogP contribution is 2.26. The molecule has 3 rings (SSSR count). The van der Waals surface area contributed by atoms with E-state index in [1.165, 1.54) is 5.69 Å². The standard InChI is InChI=1S/C22H28N2OSi/c1-26(2,3)17-12-22(19-8-7-11-21(25)18-19)24-15-13-23(14-16-24)20-9-5-4-6-10-20/h4-11,18,22,25H,13-16H2,1-3H3. The van der Waals surface area contributed by atoms with Gasteiger partial charge in [0.15, 0.2) is 0 Å². The first-order valence-corrected chi connectivity index (χ1v) is 12.8. The van der Waals surface area contributed by atoms with Crippen molar-refractivity contribution in [3.05, 3.63) is 60.2 Å². The second-order valence-corrected chi connectivity index (χ2v) is 12.6. The second-order valence-electron chi connectivity index (χ2n) is 7.88. The van der Waals surface area contributed by atoms with Gasteiger partial charge in [0, 0.05) is 31.9 Å². The molecule has 0 amide bonds. The van der Waals surface area contributed by atoms with Gasteiger partial charge in [0.05, 0.1) is 6.04 Å². The fourth-order valence-electron chi connectivity index (χ4n) is 3.24. The number of rotatable bonds is 3. The summed E-state index contributed by atoms with van der Waals surface area (Å²) in [6.45, 7) is 10.7. The number of anilines is 1. The van der Waals surface area contributed by atoms with Crippen LogP contribution in [0.25, 0.3) is 0 Å². The number of phenols is 1. The van der Waals surface area contributed by atoms with Crippen LogP contribution in [0.1, 0.15) is 11.6 Å². The van der Waals surface area contributed by atoms with Crippen LogP contribution in [-0.2, 0) is 0 Å². The van der Waals surface area contributed by atoms with Crippen molar-refractivity contribution in [1.82, 2.24) is 4.90 Å². The minimum Gasteiger partial charge on any atom is -0.508 e. The Bertz CT molecular complexity index is 781. The van der Waals surface area contributed by atoms with E-state index in [9.17, 15) is 5.11 Å². The lowest BCUT2D eigenvalue weighted by Crippen LogP contribution is -2.47. The van der Waals surface area contributed by atoms with Crippen LogP contribution in [0.2, 0.25) is 19.6 Å². The van der Waals surface area contributed by atoms with Crippen molar-refractivity contribution in [3.63, 3.8) is 0 Å². The predicted molar refractivity (Wildman–Crippen MR) is 112 cm³/mol. The number of phenolic OH excluding ortho intramolecular Hbond substituents is 1. The highest BCUT2D eigenvalue weighted by Gasteiger charge is 2.24. The van der Waals surface area contributed by atoms with E-state index in [-0.39, 0.29) is 6.04 Å². The normalized spacial score (nSPS) is 16.7. The molecule has 4 heteroatoms. The second kappa shape index (κ2) is 7.99. The summed E-state index contributed by atoms with van der Waals surface area (Å²) in [7, 11) is -1.46. The molecule has 1 aliphatic heterocycles. The average molecular weight is 365 g/mol. The monoisotopic (exact) mass is 364 g/mol. The van der Waals surface area contributed by atoms with Crippen LogP contribution in [-0.4, -0.2) is 44.3 Å². The Morgan fingerprint density at radius 3 is 2.23 bits per heavy atom. The molecule has 0 spiro atoms. The van der Waals surface area contributed by atoms with E-state index in [0.717, 1.165) is 31.7 Å². The van der Waals surface area contributed by atoms with Gasteiger partial charge in [0.25, 0.3) is 0 Å². The lowest BCUT2D eigenvalue weighted by molar-refractivity contribution is 0.223. The highest BCUT2D eigenvalue weighted by atomic mass is 28.3. The van der Waals surface area contributed by atoms with Crippen LogP contribution < -0.4 is 4.90 Å². The van der Waals surface area contributed by atoms with Crippen molar-refractivity contribution in [2.75, 3.05) is 31.1 Å². The SMILES string of the molecule is C[Si](C)(C)C#CC(c1cccc(O)c1)N1CCN(c2ccccc2)CC1. The lowest BCUT2D eigenvalue weighted by Gasteiger charge is -2.39. The van der Waals surface area contributed by atoms with E-state index >= 15 is 0 Å². The first kappa shape index (κ1) is 18.6. The van der Waals surface area contributed by atoms with E-state index in [4.69, 9.17) is 0 Å². The topological polar surface area (TPSA) is 26.7 Å². The molecule has 1 N–H and O–H groups in total. The summed E-state index contributed by atoms with van der Waals surface area (Å²) in [6, 6.07) is 18.2. The van der Waals surface area contributed by atoms with Crippen LogP contribution in [0.15, 0.2) is 54.6 Å². The van der Waals surface area contributed by atoms with E-state index in [1.54, 1.807) is 6.07 Å². The van der Waals surface area contributed by atoms with Gasteiger partial charge in [-0.3, -0.25) is 4.90 Å². The van der Waals surface area contributed by atoms with Crippen LogP contribution in [0.5, 0.6) is 5.75 Å². The predicted octanol–water partition coefficient (Wildman–Crippen LogP) is 4.14. The van der Waals surface area contributed by atoms with Crippen molar-refractivity contribution in [3.8, 4) is 17.2 Å². The molecule has 1 fully saturated rings. The zero-order chi connectivity index (χ0) is 18.6. The third-order valence-electron chi connectivity index (χ3n) is 4.57. The Hall–Kier alpha value is -2.22. The number of para-hydroxylation sites is 1. The van der Waals surface area contributed by atoms with E-state index in [1.807, 2.05) is 12.1 Å². The third kappa shape index (κ3) is 4.91. The Morgan fingerprint density at radius 1 is 0.923 bits per heavy atom. The number of aromatic hydroxyl groups is 1. The average Bonchev–Trinajstić information content (AvgIpc) is 2.62. The van der Waals surface area contributed by atoms with Gasteiger partial charge in [-0.25, -0.2) is 0 Å². The highest BCUT2D eigenvalue weighted by molar-refractivity contribution is 6.83. The molecule has 26 heavy (non-hydrogen) atoms. The van der Waals surface area contributed by atoms with Crippen LogP contribution in [0, 0.1) is 11.5 Å². The van der Waals surface area contributed by atoms with Gasteiger partial charge in [-0.1, -0.05) is 55.9 Å². The molecule has 1 atom stereocenters. The van der Waals surface area contributed by atoms with Gasteiger partial charge in [-0.05, 0) is 29.8 Å². The fraction of sp³-hybridized carbons (Fsp3) is 0.364. The van der Waals surface area contributed by atoms with Crippen molar-refractivity contribution >= 4 is 13.8 Å². The number of nitrogens with zero attached hydrogens (tertiary/aromatic N) is 2. The molecule has 1 unspecified atom stereocenters. The summed E-state index contributed by atoms with van der Waals surface area (Å²) in [5.41, 5.74) is 5.91. The Morgan fingerprint density at radius 2 is 1.62 bits per heavy atom. The Balaban J connectivity index is 1.78. The first-order chi connectivity index (χ1) is 12.4. The van der Waals surface area contributed by atoms with Gasteiger partial charge in [-0.2, -0.15) is 0 Å². The van der Waals surface area contributed by atoms with Crippen LogP contribution >= 0.6 is 0 Å². The molecule has 0 saturated carbocycles. The van der Waals surface area contributed by atoms with E-state index in [0.29, 0.717) is 5.75 Å². The largest absolute Gasteiger partial charge is 0.508 e. The number of piperazine rings is 1. The Kier molecular flexibility index (Phi) is 5.70. The number of hydrogen-bond donors (Lipinski definition) is 1. The van der Waals surface area contributed by atoms with Crippen molar-refractivity contribution in [2.24, 2.45) is 0 Å². The molecular weight excluding hydrogens is 336 g/mol. The zero-order valence-electron chi connectivity index (χ0n) is 15.9. The quantitative estimate of drug-likeness (QED) is 0.655. The molecule has 0 aliphatic carbocycles. The summed E-state index contributed by atoms with van der Waals surface area (Å²) in [5.74, 6) is 3.85. The molecule has 2 aromatic carbocycles. The van der Waals surface area contributed by atoms with Gasteiger partial charge in [0.2, 0.25) is 0 Å². The maximum atomic E-state index is 9.91. The summed E-state index contributed by atoms with van der Waals surface area (Å²) in [5, 5.41) is 9.91. The summed E-state index contributed by atoms with van der Waals surface area (Å²) in [6.07, 6.45) is 0. The van der Waals surface area contributed by atoms with Crippen molar-refractivity contribution in [2.45, 2.75) is 25.7 Å². The fourth-order valence-corrected chi connectivity index (χ4v) is 3.81. The minimum atomic E-state index is -1.46. The summed E-state index contributed by atoms with van der Waals surface area (Å²) < 4.78 is 0. The van der Waals surface area contributed by atoms with Gasteiger partial charge < -0.3 is 10.0 Å². The van der Waals surface area contributed by atoms with Crippen LogP contribution in [0.3, 0.4) is 0 Å². The van der Waals surface area contributed by atoms with Gasteiger partial charge in [-0.15, -0.1) is 5.54 Å². The van der Waals surface area contributed by atoms with Crippen LogP contribution in [0.4, 0.5) is 5.69 Å². The smallest absolute Gasteiger partial charge is 0.129 e. The van der Waals surface area contributed by atoms with Gasteiger partial charge >= 0.3 is 0 Å². The molecule has 136 valence electrons. The number of hydrogen-bond acceptors (Lipinski definition) is 3. The van der Waals surface area contributed by atoms with E-state index in [2.05, 4.69) is 77.3 Å². The minimum absolute atomic E-state index is 0.0479. The molecule has 0 aromatic heterocycles. The summed E-state index contributed by atoms with van der Waals surface area (Å²) >= 11 is 0. The van der Waals surface area contributed by atoms with E-state index < -0.39 is 8.07 Å². The summed E-state index contributed by atoms with van der Waals surface area (Å²) in [4.78, 5) is 4.88. The molecule has 1 saturated heterocycles. The number of benzene rings is 2. The van der Waals surface area contributed by atoms with Crippen molar-refractivity contribution < 1.29 is 5.11 Å². The molecule has 2 aromatic rings. The zero-order valence-corrected chi connectivity index (χ0v) is 16.9. The molecule has 1 heterocycles. The lowest BCUT2D eigenvalue weighted by atomic mass is 10.0. The molecule has 1 aliphatic rings. The Labute approximate surface area is 158 Å². The first-order valence-electron chi connectivity index (χ1n) is 9.28. The van der Waals surface area contributed by atoms with Gasteiger partial charge in [0.1, 0.15) is 13.8 Å². The maximum absolute atomic E-state index is 9.91. The molecule has 3 nitrogen and oxygen atoms in total. The third-order valence-corrected chi connectivity index (χ3v) is 5.46. The molecule has 0 radical (unpaired) electrons. The van der Waals surface area contributed by atoms with Crippen molar-refractivity contribution in [1.29, 1.82) is 0 Å².